The minimum atomic E-state index is -0.150. The molecule has 0 radical (unpaired) electrons. The molecule has 0 saturated carbocycles. The van der Waals surface area contributed by atoms with E-state index in [1.807, 2.05) is 31.2 Å². The summed E-state index contributed by atoms with van der Waals surface area (Å²) in [5, 5.41) is 6.43. The molecule has 2 aliphatic heterocycles. The number of fused-ring (bicyclic) bond motifs is 2. The molecular weight excluding hydrogens is 414 g/mol. The van der Waals surface area contributed by atoms with E-state index in [0.717, 1.165) is 16.1 Å². The Morgan fingerprint density at radius 3 is 2.60 bits per heavy atom. The average molecular weight is 432 g/mol. The van der Waals surface area contributed by atoms with E-state index < -0.39 is 0 Å². The topological polar surface area (TPSA) is 35.9 Å². The Morgan fingerprint density at radius 1 is 0.967 bits per heavy atom. The Balaban J connectivity index is 1.48. The number of halogens is 1. The predicted octanol–water partition coefficient (Wildman–Crippen LogP) is 6.38. The fourth-order valence-corrected chi connectivity index (χ4v) is 5.06. The monoisotopic (exact) mass is 431 g/mol. The molecule has 0 bridgehead atoms. The average Bonchev–Trinajstić information content (AvgIpc) is 3.02. The van der Waals surface area contributed by atoms with Crippen molar-refractivity contribution in [3.05, 3.63) is 82.9 Å². The maximum atomic E-state index is 13.0. The van der Waals surface area contributed by atoms with E-state index >= 15 is 0 Å². The molecule has 0 unspecified atom stereocenters. The molecule has 0 aromatic heterocycles. The van der Waals surface area contributed by atoms with Crippen LogP contribution in [0.25, 0.3) is 6.08 Å². The van der Waals surface area contributed by atoms with Crippen molar-refractivity contribution in [1.82, 2.24) is 0 Å². The van der Waals surface area contributed by atoms with Gasteiger partial charge in [-0.1, -0.05) is 47.6 Å². The molecular formula is C24H18ClN3OS. The van der Waals surface area contributed by atoms with Crippen LogP contribution in [0.15, 0.2) is 87.2 Å². The molecule has 0 saturated heterocycles. The fourth-order valence-electron chi connectivity index (χ4n) is 3.68. The fraction of sp³-hybridized carbons (Fsp3) is 0.0833. The molecule has 0 atom stereocenters. The molecule has 0 N–H and O–H groups in total. The predicted molar refractivity (Wildman–Crippen MR) is 125 cm³/mol. The second-order valence-corrected chi connectivity index (χ2v) is 8.72. The zero-order chi connectivity index (χ0) is 20.8. The maximum absolute atomic E-state index is 13.0. The molecule has 0 spiro atoms. The van der Waals surface area contributed by atoms with Gasteiger partial charge in [0.25, 0.3) is 5.91 Å². The van der Waals surface area contributed by atoms with Gasteiger partial charge >= 0.3 is 0 Å². The Morgan fingerprint density at radius 2 is 1.77 bits per heavy atom. The molecule has 0 aliphatic carbocycles. The van der Waals surface area contributed by atoms with Gasteiger partial charge in [0.2, 0.25) is 0 Å². The van der Waals surface area contributed by atoms with Gasteiger partial charge < -0.3 is 4.90 Å². The number of carbonyl (C=O) groups is 1. The lowest BCUT2D eigenvalue weighted by molar-refractivity contribution is -0.114. The van der Waals surface area contributed by atoms with Crippen molar-refractivity contribution in [3.8, 4) is 0 Å². The van der Waals surface area contributed by atoms with Gasteiger partial charge in [0, 0.05) is 21.9 Å². The molecule has 2 aliphatic rings. The maximum Gasteiger partial charge on any atom is 0.280 e. The van der Waals surface area contributed by atoms with E-state index in [2.05, 4.69) is 53.4 Å². The van der Waals surface area contributed by atoms with Gasteiger partial charge in [-0.2, -0.15) is 10.1 Å². The van der Waals surface area contributed by atoms with Gasteiger partial charge in [-0.05, 0) is 61.0 Å². The smallest absolute Gasteiger partial charge is 0.280 e. The van der Waals surface area contributed by atoms with Crippen LogP contribution in [0.2, 0.25) is 5.02 Å². The van der Waals surface area contributed by atoms with Crippen LogP contribution >= 0.6 is 23.4 Å². The van der Waals surface area contributed by atoms with E-state index in [-0.39, 0.29) is 5.91 Å². The van der Waals surface area contributed by atoms with Crippen molar-refractivity contribution >= 4 is 58.1 Å². The van der Waals surface area contributed by atoms with Crippen LogP contribution in [0.1, 0.15) is 12.5 Å². The second-order valence-electron chi connectivity index (χ2n) is 7.20. The van der Waals surface area contributed by atoms with Crippen LogP contribution in [-0.4, -0.2) is 18.7 Å². The number of para-hydroxylation sites is 1. The summed E-state index contributed by atoms with van der Waals surface area (Å²) in [6, 6.07) is 21.8. The molecule has 3 aromatic rings. The standard InChI is InChI=1S/C24H18ClN3OS/c1-15-19(24(29)28(26-15)18-7-5-6-17(25)14-18)12-16-10-11-21-23(13-16)30-22-9-4-3-8-20(22)27(21)2/h3-14H,1-2H3. The summed E-state index contributed by atoms with van der Waals surface area (Å²) in [6.07, 6.45) is 1.91. The van der Waals surface area contributed by atoms with E-state index in [4.69, 9.17) is 11.6 Å². The molecule has 3 aromatic carbocycles. The summed E-state index contributed by atoms with van der Waals surface area (Å²) in [6.45, 7) is 1.85. The van der Waals surface area contributed by atoms with Gasteiger partial charge in [0.15, 0.2) is 0 Å². The van der Waals surface area contributed by atoms with Crippen LogP contribution < -0.4 is 9.91 Å². The first-order valence-corrected chi connectivity index (χ1v) is 10.7. The number of hydrogen-bond donors (Lipinski definition) is 0. The van der Waals surface area contributed by atoms with Gasteiger partial charge in [-0.3, -0.25) is 4.79 Å². The van der Waals surface area contributed by atoms with Crippen LogP contribution in [-0.2, 0) is 4.79 Å². The summed E-state index contributed by atoms with van der Waals surface area (Å²) >= 11 is 7.83. The highest BCUT2D eigenvalue weighted by atomic mass is 35.5. The minimum Gasteiger partial charge on any atom is -0.343 e. The summed E-state index contributed by atoms with van der Waals surface area (Å²) < 4.78 is 0. The summed E-state index contributed by atoms with van der Waals surface area (Å²) in [5.74, 6) is -0.150. The normalized spacial score (nSPS) is 16.6. The first-order valence-electron chi connectivity index (χ1n) is 9.53. The van der Waals surface area contributed by atoms with Crippen molar-refractivity contribution < 1.29 is 4.79 Å². The highest BCUT2D eigenvalue weighted by Crippen LogP contribution is 2.47. The molecule has 148 valence electrons. The van der Waals surface area contributed by atoms with E-state index in [0.29, 0.717) is 22.0 Å². The first kappa shape index (κ1) is 19.0. The van der Waals surface area contributed by atoms with Crippen molar-refractivity contribution in [2.24, 2.45) is 5.10 Å². The van der Waals surface area contributed by atoms with Gasteiger partial charge in [0.05, 0.1) is 28.3 Å². The number of rotatable bonds is 2. The number of benzene rings is 3. The highest BCUT2D eigenvalue weighted by Gasteiger charge is 2.29. The van der Waals surface area contributed by atoms with Crippen molar-refractivity contribution in [1.29, 1.82) is 0 Å². The van der Waals surface area contributed by atoms with Gasteiger partial charge in [0.1, 0.15) is 0 Å². The summed E-state index contributed by atoms with van der Waals surface area (Å²) in [5.41, 5.74) is 5.27. The Kier molecular flexibility index (Phi) is 4.65. The lowest BCUT2D eigenvalue weighted by Crippen LogP contribution is -2.21. The molecule has 6 heteroatoms. The van der Waals surface area contributed by atoms with Crippen molar-refractivity contribution in [3.63, 3.8) is 0 Å². The Hall–Kier alpha value is -3.02. The van der Waals surface area contributed by atoms with E-state index in [1.165, 1.54) is 15.6 Å². The molecule has 4 nitrogen and oxygen atoms in total. The third-order valence-corrected chi connectivity index (χ3v) is 6.57. The molecule has 1 amide bonds. The number of amides is 1. The van der Waals surface area contributed by atoms with Crippen LogP contribution in [0.4, 0.5) is 17.1 Å². The number of hydrogen-bond acceptors (Lipinski definition) is 4. The van der Waals surface area contributed by atoms with Crippen LogP contribution in [0.3, 0.4) is 0 Å². The Labute approximate surface area is 184 Å². The zero-order valence-electron chi connectivity index (χ0n) is 16.5. The quantitative estimate of drug-likeness (QED) is 0.442. The Bertz CT molecular complexity index is 1250. The number of carbonyl (C=O) groups excluding carboxylic acids is 1. The highest BCUT2D eigenvalue weighted by molar-refractivity contribution is 7.99. The van der Waals surface area contributed by atoms with E-state index in [9.17, 15) is 4.79 Å². The number of nitrogens with zero attached hydrogens (tertiary/aromatic N) is 3. The van der Waals surface area contributed by atoms with Crippen LogP contribution in [0, 0.1) is 0 Å². The third kappa shape index (κ3) is 3.20. The molecule has 5 rings (SSSR count). The van der Waals surface area contributed by atoms with Crippen LogP contribution in [0.5, 0.6) is 0 Å². The molecule has 0 fully saturated rings. The van der Waals surface area contributed by atoms with Crippen molar-refractivity contribution in [2.75, 3.05) is 17.0 Å². The summed E-state index contributed by atoms with van der Waals surface area (Å²) in [7, 11) is 2.08. The first-order chi connectivity index (χ1) is 14.5. The molecule has 30 heavy (non-hydrogen) atoms. The zero-order valence-corrected chi connectivity index (χ0v) is 18.0. The van der Waals surface area contributed by atoms with Crippen molar-refractivity contribution in [2.45, 2.75) is 16.7 Å². The third-order valence-electron chi connectivity index (χ3n) is 5.22. The lowest BCUT2D eigenvalue weighted by Gasteiger charge is -2.29. The largest absolute Gasteiger partial charge is 0.343 e. The molecule has 2 heterocycles. The summed E-state index contributed by atoms with van der Waals surface area (Å²) in [4.78, 5) is 17.6. The number of hydrazone groups is 1. The second kappa shape index (κ2) is 7.35. The van der Waals surface area contributed by atoms with Gasteiger partial charge in [-0.15, -0.1) is 0 Å². The minimum absolute atomic E-state index is 0.150. The SMILES string of the molecule is CC1=NN(c2cccc(Cl)c2)C(=O)C1=Cc1ccc2c(c1)Sc1ccccc1N2C. The van der Waals surface area contributed by atoms with Gasteiger partial charge in [-0.25, -0.2) is 0 Å². The van der Waals surface area contributed by atoms with E-state index in [1.54, 1.807) is 23.9 Å². The lowest BCUT2D eigenvalue weighted by atomic mass is 10.1. The number of anilines is 3.